The van der Waals surface area contributed by atoms with Gasteiger partial charge in [-0.15, -0.1) is 6.42 Å². The summed E-state index contributed by atoms with van der Waals surface area (Å²) in [4.78, 5) is 87.6. The number of nitrogens with zero attached hydrogens (tertiary/aromatic N) is 5. The Kier molecular flexibility index (Phi) is 32.1. The Hall–Kier alpha value is -6.80. The molecule has 15 N–H and O–H groups in total. The Bertz CT molecular complexity index is 2090. The van der Waals surface area contributed by atoms with Crippen LogP contribution >= 0.6 is 0 Å². The number of carboxylic acids is 2. The lowest BCUT2D eigenvalue weighted by atomic mass is 9.87. The molecule has 0 aromatic carbocycles. The fourth-order valence-corrected chi connectivity index (χ4v) is 7.37. The van der Waals surface area contributed by atoms with Gasteiger partial charge in [0.25, 0.3) is 0 Å². The van der Waals surface area contributed by atoms with Crippen LogP contribution in [0.1, 0.15) is 20.3 Å². The number of ether oxygens (including phenoxy) is 10. The van der Waals surface area contributed by atoms with Gasteiger partial charge in [-0.1, -0.05) is 12.8 Å². The second kappa shape index (κ2) is 37.1. The van der Waals surface area contributed by atoms with Crippen LogP contribution < -0.4 is 28.3 Å². The number of hydrogen-bond acceptors (Lipinski definition) is 22. The maximum atomic E-state index is 13.5. The van der Waals surface area contributed by atoms with E-state index in [0.717, 1.165) is 28.9 Å². The van der Waals surface area contributed by atoms with Crippen molar-refractivity contribution < 1.29 is 107 Å². The van der Waals surface area contributed by atoms with E-state index in [4.69, 9.17) is 76.7 Å². The fourth-order valence-electron chi connectivity index (χ4n) is 7.37. The average Bonchev–Trinajstić information content (AvgIpc) is 3.41. The molecule has 0 aliphatic carbocycles. The van der Waals surface area contributed by atoms with Gasteiger partial charge in [0.05, 0.1) is 110 Å². The number of amides is 4. The molecule has 10 atom stereocenters. The number of carboxylic acid groups (broad SMARTS) is 2. The summed E-state index contributed by atoms with van der Waals surface area (Å²) in [6.07, 6.45) is -4.69. The van der Waals surface area contributed by atoms with E-state index >= 15 is 0 Å². The van der Waals surface area contributed by atoms with Crippen molar-refractivity contribution in [2.75, 3.05) is 133 Å². The number of rotatable bonds is 38. The number of hydrogen-bond donors (Lipinski definition) is 11. The van der Waals surface area contributed by atoms with Gasteiger partial charge in [0.2, 0.25) is 23.3 Å². The third kappa shape index (κ3) is 25.3. The predicted octanol–water partition coefficient (Wildman–Crippen LogP) is -5.32. The number of carbonyl (C=O) groups excluding carboxylic acids is 4. The minimum absolute atomic E-state index is 0.0310. The summed E-state index contributed by atoms with van der Waals surface area (Å²) in [7, 11) is 2.68. The molecule has 79 heavy (non-hydrogen) atoms. The van der Waals surface area contributed by atoms with Gasteiger partial charge in [-0.05, 0) is 12.2 Å². The Labute approximate surface area is 456 Å². The molecule has 32 heteroatoms. The van der Waals surface area contributed by atoms with Crippen molar-refractivity contribution in [3.63, 3.8) is 0 Å². The fraction of sp³-hybridized carbons (Fsp3) is 0.702. The highest BCUT2D eigenvalue weighted by Gasteiger charge is 2.47. The maximum Gasteiger partial charge on any atom is 0.410 e. The molecule has 0 saturated carbocycles. The minimum Gasteiger partial charge on any atom is -0.479 e. The summed E-state index contributed by atoms with van der Waals surface area (Å²) in [6, 6.07) is -3.51. The molecule has 2 heterocycles. The van der Waals surface area contributed by atoms with Gasteiger partial charge in [-0.3, -0.25) is 9.59 Å². The van der Waals surface area contributed by atoms with E-state index in [1.165, 1.54) is 19.0 Å². The number of guanidine groups is 2. The van der Waals surface area contributed by atoms with E-state index in [-0.39, 0.29) is 97.3 Å². The number of aliphatic hydroxyl groups is 4. The van der Waals surface area contributed by atoms with E-state index in [1.807, 2.05) is 0 Å². The van der Waals surface area contributed by atoms with Crippen LogP contribution in [-0.2, 0) is 66.5 Å². The molecule has 448 valence electrons. The van der Waals surface area contributed by atoms with Crippen LogP contribution in [0.3, 0.4) is 0 Å². The Balaban J connectivity index is 2.06. The zero-order chi connectivity index (χ0) is 59.0. The van der Waals surface area contributed by atoms with E-state index in [0.29, 0.717) is 26.4 Å². The highest BCUT2D eigenvalue weighted by molar-refractivity contribution is 5.86. The molecule has 0 spiro atoms. The standard InChI is InChI=1S/C47H78N10O22/c1-6-12-70-18-20-74-22-23-75-21-19-71-13-7-36(63)57(10-16-72-14-8-55(4)46(68)78-39(32(61)26-58)38-28(2)30(53-44(48)49)24-34(76-38)42(64)65)11-17-73-15-9-56(5)47(69)79-40(33(62)27-59)41-37(52-29(3)60)31(54-45(50)51)25-35(77-41)43(66)67/h1,24-25,28,30-33,37-41,58-59,61-62H,7-23,26-27H2,2-5H3,(H,52,60)(H,64,65)(H,66,67)(H4,48,49,53)(H4,50,51,54)/t28-,30+,31+,32-,33-,37-,38-,39-,40-,41-/m1/s1. The zero-order valence-corrected chi connectivity index (χ0v) is 44.7. The molecule has 0 fully saturated rings. The monoisotopic (exact) mass is 1130 g/mol. The number of aliphatic hydroxyl groups excluding tert-OH is 4. The number of nitrogens with one attached hydrogen (secondary N) is 1. The van der Waals surface area contributed by atoms with Gasteiger partial charge in [0.1, 0.15) is 24.9 Å². The van der Waals surface area contributed by atoms with Crippen LogP contribution in [0.25, 0.3) is 0 Å². The Morgan fingerprint density at radius 2 is 1.06 bits per heavy atom. The second-order valence-corrected chi connectivity index (χ2v) is 17.5. The smallest absolute Gasteiger partial charge is 0.410 e. The predicted molar refractivity (Wildman–Crippen MR) is 274 cm³/mol. The molecule has 0 aromatic rings. The van der Waals surface area contributed by atoms with Crippen LogP contribution in [0.4, 0.5) is 9.59 Å². The van der Waals surface area contributed by atoms with Gasteiger partial charge in [-0.2, -0.15) is 0 Å². The molecule has 0 unspecified atom stereocenters. The van der Waals surface area contributed by atoms with Crippen molar-refractivity contribution in [1.29, 1.82) is 0 Å². The van der Waals surface area contributed by atoms with Gasteiger partial charge in [0.15, 0.2) is 30.2 Å². The number of terminal acetylenes is 1. The number of likely N-dealkylation sites (N-methyl/N-ethyl adjacent to an activating group) is 2. The quantitative estimate of drug-likeness (QED) is 0.0119. The first kappa shape index (κ1) is 68.3. The average molecular weight is 1140 g/mol. The zero-order valence-electron chi connectivity index (χ0n) is 44.7. The molecule has 2 aliphatic heterocycles. The van der Waals surface area contributed by atoms with Gasteiger partial charge < -0.3 is 121 Å². The molecule has 4 amide bonds. The topological polar surface area (TPSA) is 467 Å². The SMILES string of the molecule is C#CCOCCOCCOCCOCCC(=O)N(CCOCCN(C)C(=O)O[C@@H]([C@@H]1OC(C(=O)O)=C[C@H](N=C(N)N)[C@H]1C)[C@H](O)CO)CCOCCN(C)C(=O)O[C@@H]([C@@H]1OC(C(=O)O)=C[C@H](N=C(N)N)[C@H]1NC(C)=O)[C@H](O)CO. The summed E-state index contributed by atoms with van der Waals surface area (Å²) in [5, 5.41) is 63.0. The lowest BCUT2D eigenvalue weighted by Gasteiger charge is -2.40. The van der Waals surface area contributed by atoms with Crippen LogP contribution in [0.2, 0.25) is 0 Å². The number of aliphatic carboxylic acids is 2. The van der Waals surface area contributed by atoms with E-state index in [2.05, 4.69) is 21.2 Å². The Morgan fingerprint density at radius 3 is 1.51 bits per heavy atom. The van der Waals surface area contributed by atoms with Gasteiger partial charge in [-0.25, -0.2) is 29.2 Å². The minimum atomic E-state index is -1.85. The van der Waals surface area contributed by atoms with Gasteiger partial charge in [0, 0.05) is 53.1 Å². The number of nitrogens with two attached hydrogens (primary N) is 4. The second-order valence-electron chi connectivity index (χ2n) is 17.5. The van der Waals surface area contributed by atoms with Crippen molar-refractivity contribution in [3.05, 3.63) is 23.7 Å². The van der Waals surface area contributed by atoms with E-state index in [1.54, 1.807) is 6.92 Å². The molecule has 2 aliphatic rings. The van der Waals surface area contributed by atoms with Crippen molar-refractivity contribution in [2.24, 2.45) is 38.8 Å². The molecule has 0 radical (unpaired) electrons. The third-order valence-electron chi connectivity index (χ3n) is 11.5. The van der Waals surface area contributed by atoms with Crippen LogP contribution in [-0.4, -0.2) is 281 Å². The summed E-state index contributed by atoms with van der Waals surface area (Å²) in [5.41, 5.74) is 22.2. The third-order valence-corrected chi connectivity index (χ3v) is 11.5. The molecule has 0 aromatic heterocycles. The van der Waals surface area contributed by atoms with Crippen molar-refractivity contribution in [2.45, 2.75) is 75.0 Å². The van der Waals surface area contributed by atoms with Crippen LogP contribution in [0.5, 0.6) is 0 Å². The molecular weight excluding hydrogens is 1060 g/mol. The van der Waals surface area contributed by atoms with Crippen LogP contribution in [0.15, 0.2) is 33.7 Å². The van der Waals surface area contributed by atoms with E-state index < -0.39 is 121 Å². The molecular formula is C47H78N10O22. The summed E-state index contributed by atoms with van der Waals surface area (Å²) in [6.45, 7) is 2.41. The lowest BCUT2D eigenvalue weighted by molar-refractivity contribution is -0.148. The summed E-state index contributed by atoms with van der Waals surface area (Å²) >= 11 is 0. The Morgan fingerprint density at radius 1 is 0.658 bits per heavy atom. The largest absolute Gasteiger partial charge is 0.479 e. The normalized spacial score (nSPS) is 20.1. The molecule has 32 nitrogen and oxygen atoms in total. The summed E-state index contributed by atoms with van der Waals surface area (Å²) < 4.78 is 55.3. The first-order chi connectivity index (χ1) is 37.6. The van der Waals surface area contributed by atoms with Crippen molar-refractivity contribution >= 4 is 47.9 Å². The van der Waals surface area contributed by atoms with E-state index in [9.17, 15) is 59.4 Å². The number of carbonyl (C=O) groups is 6. The highest BCUT2D eigenvalue weighted by Crippen LogP contribution is 2.31. The first-order valence-corrected chi connectivity index (χ1v) is 24.8. The summed E-state index contributed by atoms with van der Waals surface area (Å²) in [5.74, 6) is -4.53. The molecule has 2 rings (SSSR count). The highest BCUT2D eigenvalue weighted by atomic mass is 16.6. The molecule has 0 bridgehead atoms. The first-order valence-electron chi connectivity index (χ1n) is 24.8. The molecule has 0 saturated heterocycles. The maximum absolute atomic E-state index is 13.5. The number of aliphatic imine (C=N–C) groups is 2. The van der Waals surface area contributed by atoms with Crippen molar-refractivity contribution in [3.8, 4) is 12.3 Å². The van der Waals surface area contributed by atoms with Crippen LogP contribution in [0, 0.1) is 18.3 Å². The lowest BCUT2D eigenvalue weighted by Crippen LogP contribution is -2.61. The van der Waals surface area contributed by atoms with Gasteiger partial charge >= 0.3 is 24.1 Å². The van der Waals surface area contributed by atoms with Crippen molar-refractivity contribution in [1.82, 2.24) is 20.0 Å².